The zero-order chi connectivity index (χ0) is 21.8. The fourth-order valence-corrected chi connectivity index (χ4v) is 2.71. The first-order valence-corrected chi connectivity index (χ1v) is 9.08. The number of carbonyl (C=O) groups excluding carboxylic acids is 2. The molecule has 0 bridgehead atoms. The van der Waals surface area contributed by atoms with Gasteiger partial charge < -0.3 is 15.4 Å². The molecule has 1 fully saturated rings. The quantitative estimate of drug-likeness (QED) is 0.363. The molecule has 0 spiro atoms. The number of nitrogens with one attached hydrogen (secondary N) is 2. The van der Waals surface area contributed by atoms with E-state index in [1.807, 2.05) is 0 Å². The van der Waals surface area contributed by atoms with Gasteiger partial charge in [0.05, 0.1) is 15.4 Å². The molecule has 11 nitrogen and oxygen atoms in total. The highest BCUT2D eigenvalue weighted by molar-refractivity contribution is 6.32. The standard InChI is InChI=1S/C18H15ClN4O7/c19-13-5-4-12(8-15(13)22(26)27)21-17(24)9-30-18(25)10-1-6-14(20-11-2-3-11)16(7-10)23(28)29/h1,4-8,11,20H,2-3,9H2,(H,21,24). The number of ether oxygens (including phenoxy) is 1. The number of anilines is 2. The maximum Gasteiger partial charge on any atom is 0.338 e. The summed E-state index contributed by atoms with van der Waals surface area (Å²) in [5.41, 5.74) is -0.342. The van der Waals surface area contributed by atoms with Gasteiger partial charge in [0.2, 0.25) is 0 Å². The fraction of sp³-hybridized carbons (Fsp3) is 0.222. The third-order valence-electron chi connectivity index (χ3n) is 4.13. The summed E-state index contributed by atoms with van der Waals surface area (Å²) in [6, 6.07) is 7.71. The Morgan fingerprint density at radius 2 is 1.77 bits per heavy atom. The van der Waals surface area contributed by atoms with E-state index in [1.165, 1.54) is 24.3 Å². The summed E-state index contributed by atoms with van der Waals surface area (Å²) in [6.45, 7) is -0.689. The summed E-state index contributed by atoms with van der Waals surface area (Å²) < 4.78 is 4.88. The zero-order valence-corrected chi connectivity index (χ0v) is 16.0. The summed E-state index contributed by atoms with van der Waals surface area (Å²) in [4.78, 5) is 44.9. The van der Waals surface area contributed by atoms with Crippen LogP contribution in [0.25, 0.3) is 0 Å². The second-order valence-electron chi connectivity index (χ2n) is 6.46. The predicted octanol–water partition coefficient (Wildman–Crippen LogP) is 3.53. The Hall–Kier alpha value is -3.73. The van der Waals surface area contributed by atoms with Gasteiger partial charge in [-0.25, -0.2) is 4.79 Å². The number of halogens is 1. The van der Waals surface area contributed by atoms with Gasteiger partial charge in [-0.05, 0) is 37.1 Å². The van der Waals surface area contributed by atoms with Crippen LogP contribution in [0.3, 0.4) is 0 Å². The fourth-order valence-electron chi connectivity index (χ4n) is 2.52. The molecule has 1 aliphatic rings. The van der Waals surface area contributed by atoms with Gasteiger partial charge in [0.15, 0.2) is 6.61 Å². The van der Waals surface area contributed by atoms with E-state index in [-0.39, 0.29) is 28.0 Å². The number of amides is 1. The summed E-state index contributed by atoms with van der Waals surface area (Å²) in [5, 5.41) is 27.4. The van der Waals surface area contributed by atoms with Crippen LogP contribution in [0, 0.1) is 20.2 Å². The number of esters is 1. The first kappa shape index (κ1) is 21.0. The number of nitrogens with zero attached hydrogens (tertiary/aromatic N) is 2. The molecule has 1 saturated carbocycles. The van der Waals surface area contributed by atoms with Crippen LogP contribution in [-0.2, 0) is 9.53 Å². The highest BCUT2D eigenvalue weighted by atomic mass is 35.5. The number of hydrogen-bond acceptors (Lipinski definition) is 8. The molecule has 0 heterocycles. The maximum absolute atomic E-state index is 12.2. The van der Waals surface area contributed by atoms with E-state index < -0.39 is 34.0 Å². The minimum absolute atomic E-state index is 0.0852. The van der Waals surface area contributed by atoms with E-state index >= 15 is 0 Å². The molecule has 1 aliphatic carbocycles. The molecule has 2 aromatic rings. The highest BCUT2D eigenvalue weighted by Gasteiger charge is 2.26. The predicted molar refractivity (Wildman–Crippen MR) is 107 cm³/mol. The van der Waals surface area contributed by atoms with Gasteiger partial charge in [-0.15, -0.1) is 0 Å². The van der Waals surface area contributed by atoms with Crippen LogP contribution in [0.2, 0.25) is 5.02 Å². The third kappa shape index (κ3) is 5.20. The Morgan fingerprint density at radius 1 is 1.07 bits per heavy atom. The SMILES string of the molecule is O=C(COC(=O)c1ccc(NC2CC2)c([N+](=O)[O-])c1)Nc1ccc(Cl)c([N+](=O)[O-])c1. The summed E-state index contributed by atoms with van der Waals surface area (Å²) >= 11 is 5.70. The number of rotatable bonds is 8. The van der Waals surface area contributed by atoms with Crippen LogP contribution in [0.4, 0.5) is 22.7 Å². The first-order valence-electron chi connectivity index (χ1n) is 8.70. The molecular formula is C18H15ClN4O7. The van der Waals surface area contributed by atoms with Crippen molar-refractivity contribution in [3.05, 3.63) is 67.2 Å². The number of nitro groups is 2. The van der Waals surface area contributed by atoms with E-state index in [0.717, 1.165) is 25.0 Å². The minimum atomic E-state index is -0.923. The van der Waals surface area contributed by atoms with Crippen molar-refractivity contribution in [2.24, 2.45) is 0 Å². The zero-order valence-electron chi connectivity index (χ0n) is 15.3. The van der Waals surface area contributed by atoms with Gasteiger partial charge in [-0.3, -0.25) is 25.0 Å². The Kier molecular flexibility index (Phi) is 6.11. The highest BCUT2D eigenvalue weighted by Crippen LogP contribution is 2.32. The summed E-state index contributed by atoms with van der Waals surface area (Å²) in [7, 11) is 0. The van der Waals surface area contributed by atoms with E-state index in [1.54, 1.807) is 0 Å². The number of carbonyl (C=O) groups is 2. The topological polar surface area (TPSA) is 154 Å². The monoisotopic (exact) mass is 434 g/mol. The largest absolute Gasteiger partial charge is 0.452 e. The Morgan fingerprint density at radius 3 is 2.40 bits per heavy atom. The molecule has 2 aromatic carbocycles. The van der Waals surface area contributed by atoms with E-state index in [9.17, 15) is 29.8 Å². The van der Waals surface area contributed by atoms with Crippen molar-refractivity contribution in [3.8, 4) is 0 Å². The summed E-state index contributed by atoms with van der Waals surface area (Å²) in [5.74, 6) is -1.67. The Labute approximate surface area is 174 Å². The Balaban J connectivity index is 1.61. The molecule has 1 amide bonds. The first-order chi connectivity index (χ1) is 14.2. The molecule has 0 aliphatic heterocycles. The molecule has 0 atom stereocenters. The average Bonchev–Trinajstić information content (AvgIpc) is 3.51. The van der Waals surface area contributed by atoms with E-state index in [2.05, 4.69) is 10.6 Å². The minimum Gasteiger partial charge on any atom is -0.452 e. The smallest absolute Gasteiger partial charge is 0.338 e. The molecule has 3 rings (SSSR count). The van der Waals surface area contributed by atoms with Crippen molar-refractivity contribution in [3.63, 3.8) is 0 Å². The van der Waals surface area contributed by atoms with Crippen LogP contribution in [0.1, 0.15) is 23.2 Å². The average molecular weight is 435 g/mol. The number of hydrogen-bond donors (Lipinski definition) is 2. The Bertz CT molecular complexity index is 1040. The lowest BCUT2D eigenvalue weighted by atomic mass is 10.1. The maximum atomic E-state index is 12.2. The molecule has 0 aromatic heterocycles. The van der Waals surface area contributed by atoms with E-state index in [4.69, 9.17) is 16.3 Å². The summed E-state index contributed by atoms with van der Waals surface area (Å²) in [6.07, 6.45) is 1.85. The lowest BCUT2D eigenvalue weighted by molar-refractivity contribution is -0.384. The van der Waals surface area contributed by atoms with Crippen LogP contribution in [0.5, 0.6) is 0 Å². The second-order valence-corrected chi connectivity index (χ2v) is 6.86. The molecule has 0 radical (unpaired) electrons. The molecule has 12 heteroatoms. The lowest BCUT2D eigenvalue weighted by Crippen LogP contribution is -2.21. The van der Waals surface area contributed by atoms with Crippen molar-refractivity contribution in [1.82, 2.24) is 0 Å². The van der Waals surface area contributed by atoms with Crippen LogP contribution in [0.15, 0.2) is 36.4 Å². The normalized spacial score (nSPS) is 12.7. The molecule has 0 unspecified atom stereocenters. The van der Waals surface area contributed by atoms with Crippen molar-refractivity contribution in [2.75, 3.05) is 17.2 Å². The van der Waals surface area contributed by atoms with Gasteiger partial charge in [0.25, 0.3) is 17.3 Å². The van der Waals surface area contributed by atoms with Crippen molar-refractivity contribution < 1.29 is 24.2 Å². The van der Waals surface area contributed by atoms with Crippen LogP contribution < -0.4 is 10.6 Å². The molecule has 0 saturated heterocycles. The lowest BCUT2D eigenvalue weighted by Gasteiger charge is -2.09. The molecule has 156 valence electrons. The second kappa shape index (κ2) is 8.74. The van der Waals surface area contributed by atoms with Crippen LogP contribution >= 0.6 is 11.6 Å². The number of benzene rings is 2. The van der Waals surface area contributed by atoms with Crippen molar-refractivity contribution in [1.29, 1.82) is 0 Å². The van der Waals surface area contributed by atoms with Crippen molar-refractivity contribution in [2.45, 2.75) is 18.9 Å². The van der Waals surface area contributed by atoms with E-state index in [0.29, 0.717) is 5.69 Å². The third-order valence-corrected chi connectivity index (χ3v) is 4.45. The van der Waals surface area contributed by atoms with Gasteiger partial charge in [0.1, 0.15) is 10.7 Å². The van der Waals surface area contributed by atoms with Crippen molar-refractivity contribution >= 4 is 46.2 Å². The van der Waals surface area contributed by atoms with Crippen LogP contribution in [-0.4, -0.2) is 34.4 Å². The van der Waals surface area contributed by atoms with Gasteiger partial charge in [-0.2, -0.15) is 0 Å². The van der Waals surface area contributed by atoms with Gasteiger partial charge in [-0.1, -0.05) is 11.6 Å². The molecular weight excluding hydrogens is 420 g/mol. The van der Waals surface area contributed by atoms with Gasteiger partial charge in [0, 0.05) is 23.9 Å². The molecule has 2 N–H and O–H groups in total. The number of nitro benzene ring substituents is 2. The molecule has 30 heavy (non-hydrogen) atoms. The van der Waals surface area contributed by atoms with Gasteiger partial charge >= 0.3 is 5.97 Å².